The van der Waals surface area contributed by atoms with Gasteiger partial charge in [-0.15, -0.1) is 0 Å². The number of unbranched alkanes of at least 4 members (excludes halogenated alkanes) is 1. The SMILES string of the molecule is CCCCOC(=O)Cc1ccc(N2C(=O)C[C@@H](N3CCCCC3)C2=O)cc1. The molecule has 2 fully saturated rings. The third-order valence-electron chi connectivity index (χ3n) is 5.26. The molecule has 0 unspecified atom stereocenters. The number of esters is 1. The predicted molar refractivity (Wildman–Crippen MR) is 102 cm³/mol. The van der Waals surface area contributed by atoms with Crippen molar-refractivity contribution in [1.29, 1.82) is 0 Å². The number of hydrogen-bond donors (Lipinski definition) is 0. The number of rotatable bonds is 7. The third kappa shape index (κ3) is 4.75. The fraction of sp³-hybridized carbons (Fsp3) is 0.571. The van der Waals surface area contributed by atoms with E-state index in [1.807, 2.05) is 6.92 Å². The molecule has 3 rings (SSSR count). The van der Waals surface area contributed by atoms with E-state index in [2.05, 4.69) is 4.90 Å². The molecule has 2 amide bonds. The van der Waals surface area contributed by atoms with Crippen molar-refractivity contribution in [3.8, 4) is 0 Å². The second kappa shape index (κ2) is 9.13. The number of nitrogens with zero attached hydrogens (tertiary/aromatic N) is 2. The van der Waals surface area contributed by atoms with Crippen LogP contribution in [0.1, 0.15) is 51.0 Å². The number of ether oxygens (including phenoxy) is 1. The smallest absolute Gasteiger partial charge is 0.310 e. The van der Waals surface area contributed by atoms with Crippen molar-refractivity contribution in [1.82, 2.24) is 4.90 Å². The lowest BCUT2D eigenvalue weighted by atomic mass is 10.1. The molecule has 0 N–H and O–H groups in total. The van der Waals surface area contributed by atoms with Gasteiger partial charge in [0.05, 0.1) is 31.2 Å². The van der Waals surface area contributed by atoms with Crippen molar-refractivity contribution in [3.63, 3.8) is 0 Å². The first-order valence-corrected chi connectivity index (χ1v) is 9.95. The number of carbonyl (C=O) groups is 3. The largest absolute Gasteiger partial charge is 0.465 e. The normalized spacial score (nSPS) is 20.9. The molecule has 0 aromatic heterocycles. The van der Waals surface area contributed by atoms with Crippen molar-refractivity contribution in [2.24, 2.45) is 0 Å². The molecule has 2 aliphatic heterocycles. The van der Waals surface area contributed by atoms with E-state index in [0.717, 1.165) is 44.3 Å². The Hall–Kier alpha value is -2.21. The average molecular weight is 372 g/mol. The highest BCUT2D eigenvalue weighted by molar-refractivity contribution is 6.22. The van der Waals surface area contributed by atoms with E-state index < -0.39 is 0 Å². The molecule has 0 spiro atoms. The van der Waals surface area contributed by atoms with Crippen LogP contribution >= 0.6 is 0 Å². The minimum atomic E-state index is -0.328. The average Bonchev–Trinajstić information content (AvgIpc) is 2.98. The first-order valence-electron chi connectivity index (χ1n) is 9.95. The van der Waals surface area contributed by atoms with Crippen LogP contribution in [0.5, 0.6) is 0 Å². The van der Waals surface area contributed by atoms with E-state index in [4.69, 9.17) is 4.74 Å². The molecule has 27 heavy (non-hydrogen) atoms. The molecule has 1 aromatic rings. The number of hydrogen-bond acceptors (Lipinski definition) is 5. The minimum Gasteiger partial charge on any atom is -0.465 e. The van der Waals surface area contributed by atoms with Crippen LogP contribution < -0.4 is 4.90 Å². The molecule has 6 heteroatoms. The van der Waals surface area contributed by atoms with E-state index in [1.54, 1.807) is 24.3 Å². The van der Waals surface area contributed by atoms with Crippen LogP contribution in [0.4, 0.5) is 5.69 Å². The maximum absolute atomic E-state index is 12.8. The minimum absolute atomic E-state index is 0.131. The summed E-state index contributed by atoms with van der Waals surface area (Å²) in [6, 6.07) is 6.72. The first-order chi connectivity index (χ1) is 13.1. The molecule has 2 aliphatic rings. The number of anilines is 1. The zero-order chi connectivity index (χ0) is 19.2. The Balaban J connectivity index is 1.61. The van der Waals surface area contributed by atoms with Gasteiger partial charge in [-0.25, -0.2) is 4.90 Å². The molecule has 2 heterocycles. The molecule has 1 atom stereocenters. The van der Waals surface area contributed by atoms with E-state index in [9.17, 15) is 14.4 Å². The Morgan fingerprint density at radius 2 is 1.81 bits per heavy atom. The Kier molecular flexibility index (Phi) is 6.61. The lowest BCUT2D eigenvalue weighted by Crippen LogP contribution is -2.44. The standard InChI is InChI=1S/C21H28N2O4/c1-2-3-13-27-20(25)14-16-7-9-17(10-8-16)23-19(24)15-18(21(23)26)22-11-5-4-6-12-22/h7-10,18H,2-6,11-15H2,1H3/t18-/m1/s1. The van der Waals surface area contributed by atoms with E-state index >= 15 is 0 Å². The van der Waals surface area contributed by atoms with Gasteiger partial charge in [-0.2, -0.15) is 0 Å². The lowest BCUT2D eigenvalue weighted by molar-refractivity contribution is -0.143. The van der Waals surface area contributed by atoms with Crippen LogP contribution in [-0.2, 0) is 25.5 Å². The molecule has 2 saturated heterocycles. The van der Waals surface area contributed by atoms with Gasteiger partial charge in [0.2, 0.25) is 5.91 Å². The maximum Gasteiger partial charge on any atom is 0.310 e. The van der Waals surface area contributed by atoms with E-state index in [1.165, 1.54) is 11.3 Å². The summed E-state index contributed by atoms with van der Waals surface area (Å²) in [5.41, 5.74) is 1.39. The Labute approximate surface area is 160 Å². The zero-order valence-electron chi connectivity index (χ0n) is 16.0. The fourth-order valence-electron chi connectivity index (χ4n) is 3.71. The topological polar surface area (TPSA) is 66.9 Å². The van der Waals surface area contributed by atoms with Gasteiger partial charge in [0.1, 0.15) is 0 Å². The quantitative estimate of drug-likeness (QED) is 0.418. The second-order valence-electron chi connectivity index (χ2n) is 7.30. The van der Waals surface area contributed by atoms with Crippen molar-refractivity contribution < 1.29 is 19.1 Å². The molecule has 6 nitrogen and oxygen atoms in total. The van der Waals surface area contributed by atoms with Gasteiger partial charge in [-0.3, -0.25) is 19.3 Å². The summed E-state index contributed by atoms with van der Waals surface area (Å²) in [7, 11) is 0. The summed E-state index contributed by atoms with van der Waals surface area (Å²) < 4.78 is 5.17. The Morgan fingerprint density at radius 3 is 2.48 bits per heavy atom. The highest BCUT2D eigenvalue weighted by Crippen LogP contribution is 2.27. The first kappa shape index (κ1) is 19.5. The lowest BCUT2D eigenvalue weighted by Gasteiger charge is -2.30. The van der Waals surface area contributed by atoms with Crippen LogP contribution in [-0.4, -0.2) is 48.4 Å². The molecule has 0 radical (unpaired) electrons. The number of benzene rings is 1. The summed E-state index contributed by atoms with van der Waals surface area (Å²) in [6.07, 6.45) is 5.66. The van der Waals surface area contributed by atoms with Crippen LogP contribution in [0.25, 0.3) is 0 Å². The van der Waals surface area contributed by atoms with Crippen molar-refractivity contribution in [3.05, 3.63) is 29.8 Å². The number of imide groups is 1. The van der Waals surface area contributed by atoms with Crippen molar-refractivity contribution in [2.45, 2.75) is 57.9 Å². The summed E-state index contributed by atoms with van der Waals surface area (Å²) in [4.78, 5) is 40.5. The number of carbonyl (C=O) groups excluding carboxylic acids is 3. The van der Waals surface area contributed by atoms with Gasteiger partial charge in [0.15, 0.2) is 0 Å². The fourth-order valence-corrected chi connectivity index (χ4v) is 3.71. The van der Waals surface area contributed by atoms with Gasteiger partial charge >= 0.3 is 5.97 Å². The monoisotopic (exact) mass is 372 g/mol. The van der Waals surface area contributed by atoms with Gasteiger partial charge in [0.25, 0.3) is 5.91 Å². The Bertz CT molecular complexity index is 680. The highest BCUT2D eigenvalue weighted by Gasteiger charge is 2.42. The summed E-state index contributed by atoms with van der Waals surface area (Å²) >= 11 is 0. The second-order valence-corrected chi connectivity index (χ2v) is 7.30. The van der Waals surface area contributed by atoms with Gasteiger partial charge < -0.3 is 4.74 Å². The van der Waals surface area contributed by atoms with E-state index in [0.29, 0.717) is 12.3 Å². The van der Waals surface area contributed by atoms with Crippen LogP contribution in [0.3, 0.4) is 0 Å². The molecule has 0 bridgehead atoms. The number of likely N-dealkylation sites (tertiary alicyclic amines) is 1. The zero-order valence-corrected chi connectivity index (χ0v) is 16.0. The van der Waals surface area contributed by atoms with Gasteiger partial charge in [0, 0.05) is 0 Å². The maximum atomic E-state index is 12.8. The Morgan fingerprint density at radius 1 is 1.11 bits per heavy atom. The molecule has 0 aliphatic carbocycles. The van der Waals surface area contributed by atoms with Gasteiger partial charge in [-0.1, -0.05) is 31.9 Å². The van der Waals surface area contributed by atoms with Crippen LogP contribution in [0.15, 0.2) is 24.3 Å². The summed E-state index contributed by atoms with van der Waals surface area (Å²) in [5, 5.41) is 0. The van der Waals surface area contributed by atoms with Gasteiger partial charge in [-0.05, 0) is 50.0 Å². The molecular formula is C21H28N2O4. The molecule has 1 aromatic carbocycles. The number of piperidine rings is 1. The summed E-state index contributed by atoms with van der Waals surface area (Å²) in [6.45, 7) is 4.26. The van der Waals surface area contributed by atoms with Crippen LogP contribution in [0.2, 0.25) is 0 Å². The molecule has 0 saturated carbocycles. The van der Waals surface area contributed by atoms with Crippen molar-refractivity contribution in [2.75, 3.05) is 24.6 Å². The van der Waals surface area contributed by atoms with Crippen LogP contribution in [0, 0.1) is 0 Å². The van der Waals surface area contributed by atoms with Crippen molar-refractivity contribution >= 4 is 23.5 Å². The molecular weight excluding hydrogens is 344 g/mol. The number of amides is 2. The summed E-state index contributed by atoms with van der Waals surface area (Å²) in [5.74, 6) is -0.536. The van der Waals surface area contributed by atoms with E-state index in [-0.39, 0.29) is 36.7 Å². The third-order valence-corrected chi connectivity index (χ3v) is 5.26. The highest BCUT2D eigenvalue weighted by atomic mass is 16.5. The molecule has 146 valence electrons. The predicted octanol–water partition coefficient (Wildman–Crippen LogP) is 2.69.